The molecule has 8 heteroatoms. The largest absolute Gasteiger partial charge is 0.462 e. The fourth-order valence-electron chi connectivity index (χ4n) is 3.89. The van der Waals surface area contributed by atoms with Crippen molar-refractivity contribution < 1.29 is 23.6 Å². The number of aliphatic hydroxyl groups excluding tert-OH is 1. The summed E-state index contributed by atoms with van der Waals surface area (Å²) in [5.74, 6) is -0.845. The maximum absolute atomic E-state index is 12.3. The molecular weight excluding hydrogens is 338 g/mol. The molecule has 1 aromatic carbocycles. The van der Waals surface area contributed by atoms with Crippen LogP contribution < -0.4 is 10.2 Å². The summed E-state index contributed by atoms with van der Waals surface area (Å²) in [6, 6.07) is 3.72. The Morgan fingerprint density at radius 1 is 1.35 bits per heavy atom. The van der Waals surface area contributed by atoms with Gasteiger partial charge in [-0.3, -0.25) is 14.9 Å². The first kappa shape index (κ1) is 15.4. The second kappa shape index (κ2) is 5.57. The molecule has 26 heavy (non-hydrogen) atoms. The highest BCUT2D eigenvalue weighted by atomic mass is 16.5. The number of nitrogens with zero attached hydrogens (tertiary/aromatic N) is 2. The summed E-state index contributed by atoms with van der Waals surface area (Å²) in [7, 11) is 0. The fourth-order valence-corrected chi connectivity index (χ4v) is 3.89. The van der Waals surface area contributed by atoms with Gasteiger partial charge in [-0.2, -0.15) is 0 Å². The summed E-state index contributed by atoms with van der Waals surface area (Å²) in [6.45, 7) is 1.68. The zero-order chi connectivity index (χ0) is 17.8. The van der Waals surface area contributed by atoms with Crippen LogP contribution in [0.2, 0.25) is 0 Å². The monoisotopic (exact) mass is 355 g/mol. The molecule has 134 valence electrons. The van der Waals surface area contributed by atoms with E-state index in [4.69, 9.17) is 8.94 Å². The standard InChI is InChI=1S/C18H17N3O5/c22-8-9-6-21(7-9)12-5-13-15(10-3-4-25-17(10)12)16(20-26-13)11-1-2-14(23)19-18(11)24/h3-5,9,11,22H,1-2,6-8H2,(H,19,23,24). The zero-order valence-electron chi connectivity index (χ0n) is 13.9. The van der Waals surface area contributed by atoms with E-state index in [9.17, 15) is 14.7 Å². The van der Waals surface area contributed by atoms with E-state index in [-0.39, 0.29) is 30.8 Å². The van der Waals surface area contributed by atoms with Crippen molar-refractivity contribution in [3.8, 4) is 0 Å². The van der Waals surface area contributed by atoms with E-state index in [1.165, 1.54) is 0 Å². The first-order valence-corrected chi connectivity index (χ1v) is 8.64. The number of rotatable bonds is 3. The third kappa shape index (κ3) is 2.15. The molecule has 2 aromatic heterocycles. The first-order chi connectivity index (χ1) is 12.7. The normalized spacial score (nSPS) is 21.4. The van der Waals surface area contributed by atoms with Gasteiger partial charge in [0.2, 0.25) is 11.8 Å². The van der Waals surface area contributed by atoms with Crippen LogP contribution in [-0.2, 0) is 9.59 Å². The maximum atomic E-state index is 12.3. The van der Waals surface area contributed by atoms with Crippen molar-refractivity contribution in [2.24, 2.45) is 5.92 Å². The van der Waals surface area contributed by atoms with Crippen molar-refractivity contribution in [1.82, 2.24) is 10.5 Å². The van der Waals surface area contributed by atoms with Crippen LogP contribution in [0.4, 0.5) is 5.69 Å². The highest BCUT2D eigenvalue weighted by molar-refractivity contribution is 6.12. The van der Waals surface area contributed by atoms with Crippen LogP contribution in [0.5, 0.6) is 0 Å². The van der Waals surface area contributed by atoms with Gasteiger partial charge in [-0.1, -0.05) is 5.16 Å². The van der Waals surface area contributed by atoms with E-state index < -0.39 is 5.92 Å². The molecule has 2 amide bonds. The molecule has 0 spiro atoms. The number of piperidine rings is 1. The second-order valence-electron chi connectivity index (χ2n) is 6.96. The molecule has 8 nitrogen and oxygen atoms in total. The molecule has 2 saturated heterocycles. The Balaban J connectivity index is 1.62. The summed E-state index contributed by atoms with van der Waals surface area (Å²) in [5.41, 5.74) is 2.74. The highest BCUT2D eigenvalue weighted by Gasteiger charge is 2.34. The van der Waals surface area contributed by atoms with E-state index in [0.717, 1.165) is 29.5 Å². The lowest BCUT2D eigenvalue weighted by Gasteiger charge is -2.39. The SMILES string of the molecule is O=C1CCC(c2noc3cc(N4CC(CO)C4)c4occc4c23)C(=O)N1. The van der Waals surface area contributed by atoms with Crippen LogP contribution in [-0.4, -0.2) is 41.8 Å². The van der Waals surface area contributed by atoms with Crippen LogP contribution >= 0.6 is 0 Å². The van der Waals surface area contributed by atoms with Crippen molar-refractivity contribution >= 4 is 39.4 Å². The molecule has 2 fully saturated rings. The van der Waals surface area contributed by atoms with E-state index in [1.807, 2.05) is 12.1 Å². The van der Waals surface area contributed by atoms with Gasteiger partial charge in [0, 0.05) is 43.5 Å². The van der Waals surface area contributed by atoms with Gasteiger partial charge in [-0.25, -0.2) is 0 Å². The Morgan fingerprint density at radius 2 is 2.19 bits per heavy atom. The zero-order valence-corrected chi connectivity index (χ0v) is 13.9. The number of hydrogen-bond donors (Lipinski definition) is 2. The minimum atomic E-state index is -0.513. The summed E-state index contributed by atoms with van der Waals surface area (Å²) in [5, 5.41) is 17.4. The Kier molecular flexibility index (Phi) is 3.30. The quantitative estimate of drug-likeness (QED) is 0.686. The molecule has 0 radical (unpaired) electrons. The fraction of sp³-hybridized carbons (Fsp3) is 0.389. The maximum Gasteiger partial charge on any atom is 0.235 e. The first-order valence-electron chi connectivity index (χ1n) is 8.64. The number of aromatic nitrogens is 1. The Bertz CT molecular complexity index is 1030. The number of amides is 2. The van der Waals surface area contributed by atoms with Gasteiger partial charge in [0.05, 0.1) is 23.3 Å². The molecular formula is C18H17N3O5. The lowest BCUT2D eigenvalue weighted by Crippen LogP contribution is -2.48. The summed E-state index contributed by atoms with van der Waals surface area (Å²) < 4.78 is 11.2. The van der Waals surface area contributed by atoms with E-state index in [0.29, 0.717) is 23.3 Å². The molecule has 1 unspecified atom stereocenters. The number of furan rings is 1. The Labute approximate surface area is 147 Å². The number of imide groups is 1. The number of hydrogen-bond acceptors (Lipinski definition) is 7. The molecule has 0 bridgehead atoms. The highest BCUT2D eigenvalue weighted by Crippen LogP contribution is 2.41. The van der Waals surface area contributed by atoms with Crippen LogP contribution in [0, 0.1) is 5.92 Å². The van der Waals surface area contributed by atoms with Gasteiger partial charge in [-0.15, -0.1) is 0 Å². The topological polar surface area (TPSA) is 109 Å². The lowest BCUT2D eigenvalue weighted by atomic mass is 9.91. The van der Waals surface area contributed by atoms with Crippen molar-refractivity contribution in [3.05, 3.63) is 24.1 Å². The van der Waals surface area contributed by atoms with Crippen molar-refractivity contribution in [2.75, 3.05) is 24.6 Å². The van der Waals surface area contributed by atoms with Crippen molar-refractivity contribution in [3.63, 3.8) is 0 Å². The predicted molar refractivity (Wildman–Crippen MR) is 91.7 cm³/mol. The average Bonchev–Trinajstić information content (AvgIpc) is 3.20. The minimum Gasteiger partial charge on any atom is -0.462 e. The molecule has 2 aliphatic heterocycles. The molecule has 1 atom stereocenters. The molecule has 3 aromatic rings. The number of anilines is 1. The van der Waals surface area contributed by atoms with Crippen LogP contribution in [0.3, 0.4) is 0 Å². The molecule has 5 rings (SSSR count). The van der Waals surface area contributed by atoms with Crippen LogP contribution in [0.15, 0.2) is 27.3 Å². The smallest absolute Gasteiger partial charge is 0.235 e. The molecule has 0 aliphatic carbocycles. The number of carbonyl (C=O) groups is 2. The summed E-state index contributed by atoms with van der Waals surface area (Å²) >= 11 is 0. The van der Waals surface area contributed by atoms with E-state index in [1.54, 1.807) is 6.26 Å². The number of fused-ring (bicyclic) bond motifs is 3. The van der Waals surface area contributed by atoms with Gasteiger partial charge in [0.1, 0.15) is 5.69 Å². The predicted octanol–water partition coefficient (Wildman–Crippen LogP) is 1.52. The van der Waals surface area contributed by atoms with E-state index in [2.05, 4.69) is 15.4 Å². The summed E-state index contributed by atoms with van der Waals surface area (Å²) in [4.78, 5) is 25.8. The number of benzene rings is 1. The van der Waals surface area contributed by atoms with Gasteiger partial charge < -0.3 is 18.9 Å². The number of carbonyl (C=O) groups excluding carboxylic acids is 2. The molecule has 2 aliphatic rings. The molecule has 2 N–H and O–H groups in total. The lowest BCUT2D eigenvalue weighted by molar-refractivity contribution is -0.134. The van der Waals surface area contributed by atoms with Crippen LogP contribution in [0.25, 0.3) is 21.9 Å². The van der Waals surface area contributed by atoms with Crippen molar-refractivity contribution in [2.45, 2.75) is 18.8 Å². The van der Waals surface area contributed by atoms with Gasteiger partial charge in [0.25, 0.3) is 0 Å². The van der Waals surface area contributed by atoms with Crippen molar-refractivity contribution in [1.29, 1.82) is 0 Å². The third-order valence-electron chi connectivity index (χ3n) is 5.31. The number of nitrogens with one attached hydrogen (secondary N) is 1. The Hall–Kier alpha value is -2.87. The molecule has 4 heterocycles. The van der Waals surface area contributed by atoms with Gasteiger partial charge in [0.15, 0.2) is 11.2 Å². The van der Waals surface area contributed by atoms with E-state index >= 15 is 0 Å². The van der Waals surface area contributed by atoms with Gasteiger partial charge in [-0.05, 0) is 12.5 Å². The second-order valence-corrected chi connectivity index (χ2v) is 6.96. The average molecular weight is 355 g/mol. The van der Waals surface area contributed by atoms with Gasteiger partial charge >= 0.3 is 0 Å². The number of aliphatic hydroxyl groups is 1. The Morgan fingerprint density at radius 3 is 2.96 bits per heavy atom. The van der Waals surface area contributed by atoms with Crippen LogP contribution in [0.1, 0.15) is 24.5 Å². The minimum absolute atomic E-state index is 0.169. The third-order valence-corrected chi connectivity index (χ3v) is 5.31. The summed E-state index contributed by atoms with van der Waals surface area (Å²) in [6.07, 6.45) is 2.31. The molecule has 0 saturated carbocycles.